The quantitative estimate of drug-likeness (QED) is 0.664. The molecule has 2 aromatic heterocycles. The number of hydrogen-bond donors (Lipinski definition) is 0. The van der Waals surface area contributed by atoms with Gasteiger partial charge in [-0.25, -0.2) is 0 Å². The van der Waals surface area contributed by atoms with E-state index >= 15 is 0 Å². The molecule has 3 aromatic rings. The van der Waals surface area contributed by atoms with E-state index in [9.17, 15) is 4.21 Å². The van der Waals surface area contributed by atoms with E-state index in [1.165, 1.54) is 0 Å². The molecular weight excluding hydrogens is 320 g/mol. The molecule has 0 N–H and O–H groups in total. The van der Waals surface area contributed by atoms with Crippen LogP contribution in [0.5, 0.6) is 5.75 Å². The molecule has 0 aliphatic heterocycles. The van der Waals surface area contributed by atoms with Crippen LogP contribution in [0.3, 0.4) is 0 Å². The van der Waals surface area contributed by atoms with Gasteiger partial charge in [0.2, 0.25) is 11.7 Å². The molecule has 0 unspecified atom stereocenters. The van der Waals surface area contributed by atoms with E-state index in [0.717, 1.165) is 11.3 Å². The van der Waals surface area contributed by atoms with Gasteiger partial charge >= 0.3 is 0 Å². The molecular formula is C15H14N2O3S2. The first kappa shape index (κ1) is 14.9. The second-order valence-electron chi connectivity index (χ2n) is 4.47. The number of nitrogens with zero attached hydrogens (tertiary/aromatic N) is 2. The molecule has 0 fully saturated rings. The van der Waals surface area contributed by atoms with Crippen molar-refractivity contribution in [2.45, 2.75) is 5.75 Å². The van der Waals surface area contributed by atoms with E-state index < -0.39 is 10.8 Å². The summed E-state index contributed by atoms with van der Waals surface area (Å²) < 4.78 is 22.7. The summed E-state index contributed by atoms with van der Waals surface area (Å²) in [7, 11) is -1.10. The summed E-state index contributed by atoms with van der Waals surface area (Å²) >= 11 is 1.57. The van der Waals surface area contributed by atoms with Gasteiger partial charge in [0.15, 0.2) is 0 Å². The predicted octanol–water partition coefficient (Wildman–Crippen LogP) is 3.13. The third kappa shape index (κ3) is 4.02. The highest BCUT2D eigenvalue weighted by molar-refractivity contribution is 7.84. The summed E-state index contributed by atoms with van der Waals surface area (Å²) in [6.45, 7) is 0.391. The fraction of sp³-hybridized carbons (Fsp3) is 0.200. The van der Waals surface area contributed by atoms with E-state index in [-0.39, 0.29) is 5.75 Å². The molecule has 2 heterocycles. The van der Waals surface area contributed by atoms with Crippen LogP contribution in [-0.2, 0) is 16.6 Å². The van der Waals surface area contributed by atoms with E-state index in [1.54, 1.807) is 11.3 Å². The zero-order valence-electron chi connectivity index (χ0n) is 11.7. The topological polar surface area (TPSA) is 65.2 Å². The van der Waals surface area contributed by atoms with Crippen molar-refractivity contribution in [3.05, 3.63) is 53.0 Å². The molecule has 0 bridgehead atoms. The largest absolute Gasteiger partial charge is 0.493 e. The Kier molecular flexibility index (Phi) is 4.97. The van der Waals surface area contributed by atoms with Crippen LogP contribution in [0.25, 0.3) is 11.4 Å². The molecule has 7 heteroatoms. The molecule has 0 saturated carbocycles. The van der Waals surface area contributed by atoms with Crippen molar-refractivity contribution in [1.82, 2.24) is 10.1 Å². The van der Waals surface area contributed by atoms with Gasteiger partial charge in [-0.05, 0) is 23.6 Å². The van der Waals surface area contributed by atoms with Crippen LogP contribution in [0.15, 0.2) is 51.7 Å². The second kappa shape index (κ2) is 7.33. The van der Waals surface area contributed by atoms with Crippen molar-refractivity contribution in [2.24, 2.45) is 0 Å². The molecule has 114 valence electrons. The molecule has 0 amide bonds. The average molecular weight is 334 g/mol. The van der Waals surface area contributed by atoms with Gasteiger partial charge < -0.3 is 9.26 Å². The summed E-state index contributed by atoms with van der Waals surface area (Å²) in [5.74, 6) is 2.37. The number of aromatic nitrogens is 2. The molecule has 0 aliphatic carbocycles. The van der Waals surface area contributed by atoms with Gasteiger partial charge in [-0.2, -0.15) is 16.3 Å². The van der Waals surface area contributed by atoms with Crippen LogP contribution in [0.4, 0.5) is 0 Å². The maximum absolute atomic E-state index is 12.0. The van der Waals surface area contributed by atoms with Crippen molar-refractivity contribution < 1.29 is 13.5 Å². The number of benzene rings is 1. The minimum Gasteiger partial charge on any atom is -0.493 e. The lowest BCUT2D eigenvalue weighted by Crippen LogP contribution is -2.10. The van der Waals surface area contributed by atoms with Gasteiger partial charge in [0.05, 0.1) is 12.4 Å². The van der Waals surface area contributed by atoms with Gasteiger partial charge in [0.1, 0.15) is 11.5 Å². The molecule has 5 nitrogen and oxygen atoms in total. The Hall–Kier alpha value is -1.99. The maximum Gasteiger partial charge on any atom is 0.239 e. The van der Waals surface area contributed by atoms with Crippen LogP contribution in [-0.4, -0.2) is 26.7 Å². The van der Waals surface area contributed by atoms with Crippen molar-refractivity contribution in [1.29, 1.82) is 0 Å². The minimum atomic E-state index is -1.10. The summed E-state index contributed by atoms with van der Waals surface area (Å²) in [4.78, 5) is 4.25. The van der Waals surface area contributed by atoms with E-state index in [0.29, 0.717) is 24.1 Å². The highest BCUT2D eigenvalue weighted by Gasteiger charge is 2.12. The Morgan fingerprint density at radius 1 is 1.23 bits per heavy atom. The van der Waals surface area contributed by atoms with Crippen molar-refractivity contribution in [3.63, 3.8) is 0 Å². The first-order valence-electron chi connectivity index (χ1n) is 6.69. The maximum atomic E-state index is 12.0. The number of para-hydroxylation sites is 1. The van der Waals surface area contributed by atoms with Gasteiger partial charge in [0, 0.05) is 21.7 Å². The third-order valence-electron chi connectivity index (χ3n) is 2.85. The number of hydrogen-bond acceptors (Lipinski definition) is 6. The molecule has 0 aliphatic rings. The number of ether oxygens (including phenoxy) is 1. The summed E-state index contributed by atoms with van der Waals surface area (Å²) in [6.07, 6.45) is 0. The zero-order chi connectivity index (χ0) is 15.2. The fourth-order valence-electron chi connectivity index (χ4n) is 1.80. The van der Waals surface area contributed by atoms with Crippen LogP contribution in [0.2, 0.25) is 0 Å². The van der Waals surface area contributed by atoms with Crippen molar-refractivity contribution in [2.75, 3.05) is 12.4 Å². The summed E-state index contributed by atoms with van der Waals surface area (Å²) in [6, 6.07) is 11.4. The van der Waals surface area contributed by atoms with Crippen LogP contribution >= 0.6 is 11.3 Å². The van der Waals surface area contributed by atoms with Crippen LogP contribution < -0.4 is 4.74 Å². The molecule has 22 heavy (non-hydrogen) atoms. The molecule has 0 saturated heterocycles. The highest BCUT2D eigenvalue weighted by Crippen LogP contribution is 2.19. The highest BCUT2D eigenvalue weighted by atomic mass is 32.2. The zero-order valence-corrected chi connectivity index (χ0v) is 13.3. The van der Waals surface area contributed by atoms with Gasteiger partial charge in [-0.3, -0.25) is 4.21 Å². The van der Waals surface area contributed by atoms with E-state index in [4.69, 9.17) is 9.26 Å². The number of rotatable bonds is 7. The van der Waals surface area contributed by atoms with Crippen molar-refractivity contribution >= 4 is 22.1 Å². The first-order valence-corrected chi connectivity index (χ1v) is 9.12. The Bertz CT molecular complexity index is 726. The first-order chi connectivity index (χ1) is 10.8. The van der Waals surface area contributed by atoms with Crippen LogP contribution in [0, 0.1) is 0 Å². The number of thiophene rings is 1. The molecule has 0 spiro atoms. The lowest BCUT2D eigenvalue weighted by atomic mass is 10.3. The summed E-state index contributed by atoms with van der Waals surface area (Å²) in [5.41, 5.74) is 0.915. The Morgan fingerprint density at radius 2 is 2.09 bits per heavy atom. The molecule has 3 rings (SSSR count). The monoisotopic (exact) mass is 334 g/mol. The lowest BCUT2D eigenvalue weighted by Gasteiger charge is -2.04. The predicted molar refractivity (Wildman–Crippen MR) is 86.3 cm³/mol. The standard InChI is InChI=1S/C15H14N2O3S2/c18-22(9-7-19-13-4-2-1-3-5-13)11-14-16-15(17-20-14)12-6-8-21-10-12/h1-6,8,10H,7,9,11H2/t22-/m1/s1. The summed E-state index contributed by atoms with van der Waals surface area (Å²) in [5, 5.41) is 7.79. The average Bonchev–Trinajstić information content (AvgIpc) is 3.19. The fourth-order valence-corrected chi connectivity index (χ4v) is 3.24. The lowest BCUT2D eigenvalue weighted by molar-refractivity contribution is 0.342. The van der Waals surface area contributed by atoms with Crippen molar-refractivity contribution in [3.8, 4) is 17.1 Å². The Morgan fingerprint density at radius 3 is 2.86 bits per heavy atom. The second-order valence-corrected chi connectivity index (χ2v) is 6.83. The third-order valence-corrected chi connectivity index (χ3v) is 4.73. The van der Waals surface area contributed by atoms with Gasteiger partial charge in [-0.15, -0.1) is 0 Å². The van der Waals surface area contributed by atoms with Gasteiger partial charge in [0.25, 0.3) is 0 Å². The Labute approximate surface area is 134 Å². The smallest absolute Gasteiger partial charge is 0.239 e. The van der Waals surface area contributed by atoms with E-state index in [1.807, 2.05) is 47.2 Å². The van der Waals surface area contributed by atoms with E-state index in [2.05, 4.69) is 10.1 Å². The molecule has 0 radical (unpaired) electrons. The van der Waals surface area contributed by atoms with Gasteiger partial charge in [-0.1, -0.05) is 23.4 Å². The van der Waals surface area contributed by atoms with Crippen LogP contribution in [0.1, 0.15) is 5.89 Å². The normalized spacial score (nSPS) is 12.2. The SMILES string of the molecule is O=[S@](CCOc1ccccc1)Cc1nc(-c2ccsc2)no1. The molecule has 1 atom stereocenters. The Balaban J connectivity index is 1.48. The minimum absolute atomic E-state index is 0.245. The molecule has 1 aromatic carbocycles.